The molecule has 0 aliphatic carbocycles. The zero-order valence-corrected chi connectivity index (χ0v) is 11.6. The van der Waals surface area contributed by atoms with Crippen molar-refractivity contribution in [3.63, 3.8) is 0 Å². The molecule has 0 aliphatic rings. The fourth-order valence-electron chi connectivity index (χ4n) is 1.20. The van der Waals surface area contributed by atoms with E-state index >= 15 is 0 Å². The van der Waals surface area contributed by atoms with E-state index in [0.29, 0.717) is 13.0 Å². The van der Waals surface area contributed by atoms with Crippen LogP contribution in [0.25, 0.3) is 0 Å². The lowest BCUT2D eigenvalue weighted by Gasteiger charge is -2.10. The highest BCUT2D eigenvalue weighted by Crippen LogP contribution is 1.87. The quantitative estimate of drug-likeness (QED) is 0.545. The van der Waals surface area contributed by atoms with Crippen LogP contribution in [0.15, 0.2) is 0 Å². The van der Waals surface area contributed by atoms with Crippen molar-refractivity contribution < 1.29 is 13.2 Å². The molecule has 0 unspecified atom stereocenters. The first-order valence-electron chi connectivity index (χ1n) is 5.76. The Kier molecular flexibility index (Phi) is 8.11. The number of hydrogen-bond acceptors (Lipinski definition) is 4. The minimum atomic E-state index is -3.29. The summed E-state index contributed by atoms with van der Waals surface area (Å²) in [5, 5.41) is 2.66. The summed E-state index contributed by atoms with van der Waals surface area (Å²) < 4.78 is 24.8. The van der Waals surface area contributed by atoms with Crippen molar-refractivity contribution in [3.8, 4) is 0 Å². The summed E-state index contributed by atoms with van der Waals surface area (Å²) in [6.45, 7) is 3.05. The molecule has 6 nitrogen and oxygen atoms in total. The number of amides is 1. The second kappa shape index (κ2) is 8.43. The molecule has 0 fully saturated rings. The van der Waals surface area contributed by atoms with Crippen molar-refractivity contribution in [2.75, 3.05) is 39.5 Å². The molecule has 0 heterocycles. The lowest BCUT2D eigenvalue weighted by molar-refractivity contribution is -0.119. The van der Waals surface area contributed by atoms with E-state index in [9.17, 15) is 13.2 Å². The molecule has 2 N–H and O–H groups in total. The van der Waals surface area contributed by atoms with Crippen LogP contribution in [-0.2, 0) is 14.8 Å². The second-order valence-electron chi connectivity index (χ2n) is 4.15. The van der Waals surface area contributed by atoms with Crippen molar-refractivity contribution >= 4 is 15.9 Å². The van der Waals surface area contributed by atoms with Crippen LogP contribution < -0.4 is 10.0 Å². The second-order valence-corrected chi connectivity index (χ2v) is 6.07. The van der Waals surface area contributed by atoms with Crippen molar-refractivity contribution in [3.05, 3.63) is 0 Å². The zero-order chi connectivity index (χ0) is 13.3. The summed E-state index contributed by atoms with van der Waals surface area (Å²) in [6, 6.07) is 0. The summed E-state index contributed by atoms with van der Waals surface area (Å²) in [6.07, 6.45) is 1.39. The molecular weight excluding hydrogens is 242 g/mol. The number of carbonyl (C=O) groups is 1. The number of rotatable bonds is 9. The molecule has 0 bridgehead atoms. The minimum Gasteiger partial charge on any atom is -0.355 e. The Labute approximate surface area is 104 Å². The van der Waals surface area contributed by atoms with Gasteiger partial charge in [-0.3, -0.25) is 4.79 Å². The van der Waals surface area contributed by atoms with E-state index in [1.54, 1.807) is 6.92 Å². The Morgan fingerprint density at radius 1 is 1.29 bits per heavy atom. The lowest BCUT2D eigenvalue weighted by Crippen LogP contribution is -2.38. The molecule has 0 saturated heterocycles. The van der Waals surface area contributed by atoms with Gasteiger partial charge in [0.15, 0.2) is 0 Å². The number of carbonyl (C=O) groups excluding carboxylic acids is 1. The fraction of sp³-hybridized carbons (Fsp3) is 0.900. The van der Waals surface area contributed by atoms with E-state index in [4.69, 9.17) is 0 Å². The Bertz CT molecular complexity index is 315. The molecular formula is C10H23N3O3S. The van der Waals surface area contributed by atoms with Gasteiger partial charge in [0, 0.05) is 6.54 Å². The number of hydrogen-bond donors (Lipinski definition) is 2. The van der Waals surface area contributed by atoms with Gasteiger partial charge in [-0.05, 0) is 33.5 Å². The fourth-order valence-corrected chi connectivity index (χ4v) is 2.23. The molecule has 0 rings (SSSR count). The van der Waals surface area contributed by atoms with Gasteiger partial charge in [-0.25, -0.2) is 13.1 Å². The summed E-state index contributed by atoms with van der Waals surface area (Å²) in [4.78, 5) is 13.3. The Morgan fingerprint density at radius 2 is 1.94 bits per heavy atom. The van der Waals surface area contributed by atoms with E-state index in [0.717, 1.165) is 13.0 Å². The topological polar surface area (TPSA) is 78.5 Å². The summed E-state index contributed by atoms with van der Waals surface area (Å²) in [5.41, 5.74) is 0. The smallest absolute Gasteiger partial charge is 0.235 e. The van der Waals surface area contributed by atoms with Gasteiger partial charge in [-0.15, -0.1) is 0 Å². The van der Waals surface area contributed by atoms with Gasteiger partial charge in [-0.1, -0.05) is 6.92 Å². The molecule has 0 aromatic rings. The number of sulfonamides is 1. The predicted octanol–water partition coefficient (Wildman–Crippen LogP) is -0.616. The SMILES string of the molecule is CCCS(=O)(=O)NCC(=O)NCCCN(C)C. The average Bonchev–Trinajstić information content (AvgIpc) is 2.21. The standard InChI is InChI=1S/C10H23N3O3S/c1-4-8-17(15,16)12-9-10(14)11-6-5-7-13(2)3/h12H,4-9H2,1-3H3,(H,11,14). The summed E-state index contributed by atoms with van der Waals surface area (Å²) in [5.74, 6) is -0.232. The van der Waals surface area contributed by atoms with Gasteiger partial charge >= 0.3 is 0 Å². The van der Waals surface area contributed by atoms with Gasteiger partial charge in [-0.2, -0.15) is 0 Å². The number of nitrogens with zero attached hydrogens (tertiary/aromatic N) is 1. The van der Waals surface area contributed by atoms with Gasteiger partial charge in [0.2, 0.25) is 15.9 Å². The minimum absolute atomic E-state index is 0.0565. The maximum absolute atomic E-state index is 11.3. The van der Waals surface area contributed by atoms with Crippen molar-refractivity contribution in [1.29, 1.82) is 0 Å². The normalized spacial score (nSPS) is 11.8. The Morgan fingerprint density at radius 3 is 2.47 bits per heavy atom. The Hall–Kier alpha value is -0.660. The van der Waals surface area contributed by atoms with E-state index in [1.807, 2.05) is 19.0 Å². The van der Waals surface area contributed by atoms with Gasteiger partial charge in [0.1, 0.15) is 0 Å². The monoisotopic (exact) mass is 265 g/mol. The molecule has 0 radical (unpaired) electrons. The Balaban J connectivity index is 3.66. The molecule has 0 saturated carbocycles. The first-order valence-corrected chi connectivity index (χ1v) is 7.41. The summed E-state index contributed by atoms with van der Waals surface area (Å²) in [7, 11) is 0.628. The lowest BCUT2D eigenvalue weighted by atomic mass is 10.4. The van der Waals surface area contributed by atoms with Crippen LogP contribution in [0, 0.1) is 0 Å². The molecule has 0 aromatic carbocycles. The highest BCUT2D eigenvalue weighted by Gasteiger charge is 2.10. The van der Waals surface area contributed by atoms with Crippen molar-refractivity contribution in [2.45, 2.75) is 19.8 Å². The third-order valence-corrected chi connectivity index (χ3v) is 3.56. The van der Waals surface area contributed by atoms with Crippen molar-refractivity contribution in [2.24, 2.45) is 0 Å². The predicted molar refractivity (Wildman–Crippen MR) is 68.3 cm³/mol. The van der Waals surface area contributed by atoms with E-state index < -0.39 is 10.0 Å². The van der Waals surface area contributed by atoms with Crippen LogP contribution >= 0.6 is 0 Å². The van der Waals surface area contributed by atoms with Crippen LogP contribution in [0.2, 0.25) is 0 Å². The van der Waals surface area contributed by atoms with Gasteiger partial charge in [0.05, 0.1) is 12.3 Å². The van der Waals surface area contributed by atoms with Crippen LogP contribution in [0.4, 0.5) is 0 Å². The largest absolute Gasteiger partial charge is 0.355 e. The summed E-state index contributed by atoms with van der Waals surface area (Å²) >= 11 is 0. The van der Waals surface area contributed by atoms with Crippen LogP contribution in [0.3, 0.4) is 0 Å². The van der Waals surface area contributed by atoms with Gasteiger partial charge < -0.3 is 10.2 Å². The van der Waals surface area contributed by atoms with E-state index in [-0.39, 0.29) is 18.2 Å². The molecule has 0 aromatic heterocycles. The molecule has 0 spiro atoms. The first-order chi connectivity index (χ1) is 7.87. The molecule has 0 aliphatic heterocycles. The third-order valence-electron chi connectivity index (χ3n) is 2.03. The maximum Gasteiger partial charge on any atom is 0.235 e. The van der Waals surface area contributed by atoms with E-state index in [2.05, 4.69) is 10.0 Å². The van der Waals surface area contributed by atoms with Crippen LogP contribution in [-0.4, -0.2) is 58.7 Å². The molecule has 0 atom stereocenters. The average molecular weight is 265 g/mol. The van der Waals surface area contributed by atoms with E-state index in [1.165, 1.54) is 0 Å². The maximum atomic E-state index is 11.3. The number of nitrogens with one attached hydrogen (secondary N) is 2. The first kappa shape index (κ1) is 16.3. The molecule has 102 valence electrons. The molecule has 7 heteroatoms. The zero-order valence-electron chi connectivity index (χ0n) is 10.8. The van der Waals surface area contributed by atoms with Crippen molar-refractivity contribution in [1.82, 2.24) is 14.9 Å². The van der Waals surface area contributed by atoms with Gasteiger partial charge in [0.25, 0.3) is 0 Å². The molecule has 1 amide bonds. The molecule has 17 heavy (non-hydrogen) atoms. The highest BCUT2D eigenvalue weighted by molar-refractivity contribution is 7.89. The highest BCUT2D eigenvalue weighted by atomic mass is 32.2. The van der Waals surface area contributed by atoms with Crippen LogP contribution in [0.1, 0.15) is 19.8 Å². The third kappa shape index (κ3) is 10.2. The van der Waals surface area contributed by atoms with Crippen LogP contribution in [0.5, 0.6) is 0 Å².